The summed E-state index contributed by atoms with van der Waals surface area (Å²) >= 11 is 0. The van der Waals surface area contributed by atoms with E-state index in [0.717, 1.165) is 17.2 Å². The Hall–Kier alpha value is -3.36. The van der Waals surface area contributed by atoms with Crippen LogP contribution in [-0.2, 0) is 10.0 Å². The van der Waals surface area contributed by atoms with Gasteiger partial charge in [0.1, 0.15) is 10.7 Å². The lowest BCUT2D eigenvalue weighted by Crippen LogP contribution is -2.50. The number of sulfonamides is 1. The topological polar surface area (TPSA) is 74.8 Å². The molecule has 8 heteroatoms. The van der Waals surface area contributed by atoms with E-state index in [2.05, 4.69) is 0 Å². The van der Waals surface area contributed by atoms with Gasteiger partial charge in [0.15, 0.2) is 5.78 Å². The van der Waals surface area contributed by atoms with E-state index < -0.39 is 15.8 Å². The first kappa shape index (κ1) is 20.5. The number of nitrogens with zero attached hydrogens (tertiary/aromatic N) is 2. The van der Waals surface area contributed by atoms with E-state index in [1.165, 1.54) is 22.5 Å². The van der Waals surface area contributed by atoms with Crippen LogP contribution in [0.2, 0.25) is 0 Å². The molecule has 1 aliphatic heterocycles. The van der Waals surface area contributed by atoms with Crippen molar-refractivity contribution in [3.8, 4) is 11.1 Å². The van der Waals surface area contributed by atoms with Gasteiger partial charge in [-0.3, -0.25) is 9.59 Å². The Morgan fingerprint density at radius 3 is 2.12 bits per heavy atom. The summed E-state index contributed by atoms with van der Waals surface area (Å²) in [5, 5.41) is 0. The number of hydrogen-bond donors (Lipinski definition) is 0. The molecule has 6 nitrogen and oxygen atoms in total. The monoisotopic (exact) mass is 450 g/mol. The molecule has 0 bridgehead atoms. The molecule has 1 fully saturated rings. The standard InChI is InChI=1S/C24H19FN2O4S/c25-21-7-3-4-8-22(21)32(30,31)27-13-11-26(12-14-27)24(29)16-9-10-18-17-5-1-2-6-19(17)23(28)20(18)15-16/h1-10,15H,11-14H2. The second-order valence-corrected chi connectivity index (χ2v) is 9.67. The van der Waals surface area contributed by atoms with Crippen LogP contribution in [0.15, 0.2) is 71.6 Å². The third kappa shape index (κ3) is 3.23. The van der Waals surface area contributed by atoms with Crippen LogP contribution in [-0.4, -0.2) is 55.5 Å². The lowest BCUT2D eigenvalue weighted by Gasteiger charge is -2.34. The molecule has 32 heavy (non-hydrogen) atoms. The van der Waals surface area contributed by atoms with E-state index in [-0.39, 0.29) is 42.8 Å². The number of carbonyl (C=O) groups excluding carboxylic acids is 2. The number of piperazine rings is 1. The number of carbonyl (C=O) groups is 2. The molecule has 162 valence electrons. The number of halogens is 1. The van der Waals surface area contributed by atoms with E-state index in [1.807, 2.05) is 18.2 Å². The molecule has 0 atom stereocenters. The molecule has 1 aliphatic carbocycles. The highest BCUT2D eigenvalue weighted by atomic mass is 32.2. The zero-order chi connectivity index (χ0) is 22.5. The van der Waals surface area contributed by atoms with Gasteiger partial charge in [0, 0.05) is 42.9 Å². The quantitative estimate of drug-likeness (QED) is 0.481. The summed E-state index contributed by atoms with van der Waals surface area (Å²) in [6, 6.07) is 17.7. The number of amides is 1. The SMILES string of the molecule is O=C1c2ccccc2-c2ccc(C(=O)N3CCN(S(=O)(=O)c4ccccc4F)CC3)cc21. The number of benzene rings is 3. The van der Waals surface area contributed by atoms with Crippen molar-refractivity contribution < 1.29 is 22.4 Å². The van der Waals surface area contributed by atoms with Crippen molar-refractivity contribution in [3.05, 3.63) is 89.2 Å². The predicted octanol–water partition coefficient (Wildman–Crippen LogP) is 3.18. The van der Waals surface area contributed by atoms with Gasteiger partial charge in [-0.25, -0.2) is 12.8 Å². The molecule has 1 saturated heterocycles. The van der Waals surface area contributed by atoms with Crippen molar-refractivity contribution in [2.24, 2.45) is 0 Å². The Balaban J connectivity index is 1.33. The van der Waals surface area contributed by atoms with Crippen molar-refractivity contribution in [2.75, 3.05) is 26.2 Å². The minimum atomic E-state index is -3.98. The fourth-order valence-corrected chi connectivity index (χ4v) is 5.76. The highest BCUT2D eigenvalue weighted by molar-refractivity contribution is 7.89. The first-order chi connectivity index (χ1) is 15.4. The lowest BCUT2D eigenvalue weighted by molar-refractivity contribution is 0.0697. The molecule has 0 spiro atoms. The molecule has 2 aliphatic rings. The smallest absolute Gasteiger partial charge is 0.253 e. The van der Waals surface area contributed by atoms with Gasteiger partial charge >= 0.3 is 0 Å². The van der Waals surface area contributed by atoms with Gasteiger partial charge in [-0.1, -0.05) is 42.5 Å². The van der Waals surface area contributed by atoms with Crippen LogP contribution >= 0.6 is 0 Å². The molecule has 1 heterocycles. The summed E-state index contributed by atoms with van der Waals surface area (Å²) in [5.74, 6) is -1.17. The molecule has 0 unspecified atom stereocenters. The van der Waals surface area contributed by atoms with Crippen LogP contribution in [0.5, 0.6) is 0 Å². The lowest BCUT2D eigenvalue weighted by atomic mass is 10.0. The summed E-state index contributed by atoms with van der Waals surface area (Å²) in [6.45, 7) is 0.491. The molecule has 0 radical (unpaired) electrons. The van der Waals surface area contributed by atoms with Crippen LogP contribution in [0.3, 0.4) is 0 Å². The summed E-state index contributed by atoms with van der Waals surface area (Å²) in [7, 11) is -3.98. The van der Waals surface area contributed by atoms with Gasteiger partial charge in [0.05, 0.1) is 0 Å². The van der Waals surface area contributed by atoms with E-state index in [4.69, 9.17) is 0 Å². The van der Waals surface area contributed by atoms with E-state index in [9.17, 15) is 22.4 Å². The molecule has 3 aromatic rings. The summed E-state index contributed by atoms with van der Waals surface area (Å²) < 4.78 is 40.7. The summed E-state index contributed by atoms with van der Waals surface area (Å²) in [4.78, 5) is 27.0. The number of ketones is 1. The Labute approximate surface area is 184 Å². The maximum Gasteiger partial charge on any atom is 0.253 e. The maximum absolute atomic E-state index is 14.0. The molecular weight excluding hydrogens is 431 g/mol. The molecule has 0 N–H and O–H groups in total. The first-order valence-corrected chi connectivity index (χ1v) is 11.6. The van der Waals surface area contributed by atoms with Gasteiger partial charge < -0.3 is 4.90 Å². The Morgan fingerprint density at radius 1 is 0.781 bits per heavy atom. The highest BCUT2D eigenvalue weighted by Gasteiger charge is 2.33. The summed E-state index contributed by atoms with van der Waals surface area (Å²) in [6.07, 6.45) is 0. The van der Waals surface area contributed by atoms with Crippen LogP contribution in [0.4, 0.5) is 4.39 Å². The molecule has 0 aromatic heterocycles. The fourth-order valence-electron chi connectivity index (χ4n) is 4.27. The Kier molecular flexibility index (Phi) is 4.91. The first-order valence-electron chi connectivity index (χ1n) is 10.2. The largest absolute Gasteiger partial charge is 0.336 e. The van der Waals surface area contributed by atoms with E-state index in [0.29, 0.717) is 16.7 Å². The molecule has 3 aromatic carbocycles. The Morgan fingerprint density at radius 2 is 1.41 bits per heavy atom. The van der Waals surface area contributed by atoms with Gasteiger partial charge in [-0.05, 0) is 35.4 Å². The minimum absolute atomic E-state index is 0.0672. The Bertz CT molecular complexity index is 1360. The molecule has 1 amide bonds. The predicted molar refractivity (Wildman–Crippen MR) is 116 cm³/mol. The van der Waals surface area contributed by atoms with Gasteiger partial charge in [-0.2, -0.15) is 4.31 Å². The van der Waals surface area contributed by atoms with E-state index in [1.54, 1.807) is 29.2 Å². The average molecular weight is 450 g/mol. The number of hydrogen-bond acceptors (Lipinski definition) is 4. The van der Waals surface area contributed by atoms with Gasteiger partial charge in [0.25, 0.3) is 5.91 Å². The normalized spacial score (nSPS) is 16.0. The van der Waals surface area contributed by atoms with Crippen LogP contribution < -0.4 is 0 Å². The van der Waals surface area contributed by atoms with Crippen LogP contribution in [0.1, 0.15) is 26.3 Å². The summed E-state index contributed by atoms with van der Waals surface area (Å²) in [5.41, 5.74) is 3.17. The zero-order valence-corrected chi connectivity index (χ0v) is 17.8. The van der Waals surface area contributed by atoms with Crippen molar-refractivity contribution in [1.29, 1.82) is 0 Å². The van der Waals surface area contributed by atoms with Gasteiger partial charge in [0.2, 0.25) is 10.0 Å². The van der Waals surface area contributed by atoms with Crippen LogP contribution in [0, 0.1) is 5.82 Å². The number of rotatable bonds is 3. The van der Waals surface area contributed by atoms with Crippen molar-refractivity contribution in [2.45, 2.75) is 4.90 Å². The number of fused-ring (bicyclic) bond motifs is 3. The highest BCUT2D eigenvalue weighted by Crippen LogP contribution is 2.37. The van der Waals surface area contributed by atoms with E-state index >= 15 is 0 Å². The van der Waals surface area contributed by atoms with Crippen molar-refractivity contribution >= 4 is 21.7 Å². The zero-order valence-electron chi connectivity index (χ0n) is 17.0. The molecule has 0 saturated carbocycles. The third-order valence-electron chi connectivity index (χ3n) is 5.95. The second-order valence-electron chi connectivity index (χ2n) is 7.76. The minimum Gasteiger partial charge on any atom is -0.336 e. The third-order valence-corrected chi connectivity index (χ3v) is 7.89. The van der Waals surface area contributed by atoms with Crippen molar-refractivity contribution in [1.82, 2.24) is 9.21 Å². The maximum atomic E-state index is 14.0. The molecular formula is C24H19FN2O4S. The second kappa shape index (κ2) is 7.65. The average Bonchev–Trinajstić information content (AvgIpc) is 3.10. The van der Waals surface area contributed by atoms with Crippen LogP contribution in [0.25, 0.3) is 11.1 Å². The fraction of sp³-hybridized carbons (Fsp3) is 0.167. The molecule has 5 rings (SSSR count). The van der Waals surface area contributed by atoms with Gasteiger partial charge in [-0.15, -0.1) is 0 Å². The van der Waals surface area contributed by atoms with Crippen molar-refractivity contribution in [3.63, 3.8) is 0 Å².